The van der Waals surface area contributed by atoms with Gasteiger partial charge in [-0.15, -0.1) is 0 Å². The van der Waals surface area contributed by atoms with Gasteiger partial charge in [-0.1, -0.05) is 55.3 Å². The van der Waals surface area contributed by atoms with E-state index < -0.39 is 22.5 Å². The topological polar surface area (TPSA) is 75.7 Å². The van der Waals surface area contributed by atoms with Crippen molar-refractivity contribution in [2.45, 2.75) is 31.6 Å². The zero-order chi connectivity index (χ0) is 24.2. The highest BCUT2D eigenvalue weighted by Gasteiger charge is 2.28. The van der Waals surface area contributed by atoms with Gasteiger partial charge in [0.15, 0.2) is 0 Å². The normalized spacial score (nSPS) is 11.3. The number of amides is 1. The molecule has 3 aromatic carbocycles. The van der Waals surface area contributed by atoms with E-state index in [4.69, 9.17) is 16.3 Å². The van der Waals surface area contributed by atoms with Crippen LogP contribution in [0.4, 0.5) is 11.4 Å². The molecule has 6 nitrogen and oxygen atoms in total. The third-order valence-electron chi connectivity index (χ3n) is 5.18. The minimum atomic E-state index is -4.04. The minimum absolute atomic E-state index is 0.0779. The molecular formula is C25H27ClN2O4S. The fraction of sp³-hybridized carbons (Fsp3) is 0.240. The molecule has 1 amide bonds. The van der Waals surface area contributed by atoms with Crippen LogP contribution in [0.1, 0.15) is 30.9 Å². The van der Waals surface area contributed by atoms with Crippen molar-refractivity contribution in [1.29, 1.82) is 0 Å². The Labute approximate surface area is 200 Å². The molecule has 3 rings (SSSR count). The number of sulfonamides is 1. The number of nitrogens with zero attached hydrogens (tertiary/aromatic N) is 1. The summed E-state index contributed by atoms with van der Waals surface area (Å²) < 4.78 is 33.2. The number of nitrogens with one attached hydrogen (secondary N) is 1. The van der Waals surface area contributed by atoms with Crippen molar-refractivity contribution in [3.63, 3.8) is 0 Å². The zero-order valence-corrected chi connectivity index (χ0v) is 20.6. The van der Waals surface area contributed by atoms with Crippen molar-refractivity contribution in [3.8, 4) is 5.75 Å². The molecular weight excluding hydrogens is 460 g/mol. The molecule has 174 valence electrons. The Morgan fingerprint density at radius 1 is 1.03 bits per heavy atom. The summed E-state index contributed by atoms with van der Waals surface area (Å²) in [4.78, 5) is 13.0. The van der Waals surface area contributed by atoms with Crippen molar-refractivity contribution in [2.75, 3.05) is 23.3 Å². The van der Waals surface area contributed by atoms with Crippen LogP contribution >= 0.6 is 11.6 Å². The quantitative estimate of drug-likeness (QED) is 0.448. The number of anilines is 2. The molecule has 8 heteroatoms. The summed E-state index contributed by atoms with van der Waals surface area (Å²) in [6.45, 7) is 5.61. The number of carbonyl (C=O) groups excluding carboxylic acids is 1. The molecule has 0 fully saturated rings. The molecule has 0 heterocycles. The summed E-state index contributed by atoms with van der Waals surface area (Å²) in [5.41, 5.74) is 2.91. The maximum absolute atomic E-state index is 13.5. The van der Waals surface area contributed by atoms with Gasteiger partial charge in [-0.25, -0.2) is 8.42 Å². The first-order valence-corrected chi connectivity index (χ1v) is 12.3. The summed E-state index contributed by atoms with van der Waals surface area (Å²) in [7, 11) is -2.57. The van der Waals surface area contributed by atoms with Crippen molar-refractivity contribution >= 4 is 38.9 Å². The number of halogens is 1. The van der Waals surface area contributed by atoms with E-state index >= 15 is 0 Å². The highest BCUT2D eigenvalue weighted by Crippen LogP contribution is 2.32. The number of rotatable bonds is 8. The molecule has 0 aromatic heterocycles. The van der Waals surface area contributed by atoms with Crippen LogP contribution in [-0.2, 0) is 14.8 Å². The van der Waals surface area contributed by atoms with E-state index in [9.17, 15) is 13.2 Å². The van der Waals surface area contributed by atoms with Crippen molar-refractivity contribution in [2.24, 2.45) is 0 Å². The van der Waals surface area contributed by atoms with Gasteiger partial charge in [-0.3, -0.25) is 9.10 Å². The third-order valence-corrected chi connectivity index (χ3v) is 7.26. The lowest BCUT2D eigenvalue weighted by molar-refractivity contribution is -0.114. The smallest absolute Gasteiger partial charge is 0.264 e. The number of aryl methyl sites for hydroxylation is 1. The fourth-order valence-electron chi connectivity index (χ4n) is 3.25. The van der Waals surface area contributed by atoms with Crippen LogP contribution in [-0.4, -0.2) is 28.0 Å². The SMILES string of the molecule is COc1ccc(N(CC(=O)Nc2ccc(C(C)C)cc2)S(=O)(=O)c2ccc(C)cc2)cc1Cl. The van der Waals surface area contributed by atoms with Crippen molar-refractivity contribution in [1.82, 2.24) is 0 Å². The van der Waals surface area contributed by atoms with Crippen molar-refractivity contribution in [3.05, 3.63) is 82.9 Å². The first-order valence-electron chi connectivity index (χ1n) is 10.4. The number of benzene rings is 3. The number of hydrogen-bond donors (Lipinski definition) is 1. The molecule has 0 radical (unpaired) electrons. The number of carbonyl (C=O) groups is 1. The number of ether oxygens (including phenoxy) is 1. The molecule has 0 bridgehead atoms. The van der Waals surface area contributed by atoms with E-state index in [-0.39, 0.29) is 15.6 Å². The van der Waals surface area contributed by atoms with Crippen LogP contribution in [0, 0.1) is 6.92 Å². The van der Waals surface area contributed by atoms with Crippen LogP contribution in [0.3, 0.4) is 0 Å². The van der Waals surface area contributed by atoms with E-state index in [1.165, 1.54) is 25.3 Å². The molecule has 0 saturated carbocycles. The largest absolute Gasteiger partial charge is 0.495 e. The van der Waals surface area contributed by atoms with E-state index in [1.807, 2.05) is 19.1 Å². The Balaban J connectivity index is 1.93. The Kier molecular flexibility index (Phi) is 7.66. The van der Waals surface area contributed by atoms with E-state index in [2.05, 4.69) is 19.2 Å². The standard InChI is InChI=1S/C25H27ClN2O4S/c1-17(2)19-7-9-20(10-8-19)27-25(29)16-28(21-11-14-24(32-4)23(26)15-21)33(30,31)22-12-5-18(3)6-13-22/h5-15,17H,16H2,1-4H3,(H,27,29). The Morgan fingerprint density at radius 3 is 2.21 bits per heavy atom. The van der Waals surface area contributed by atoms with Gasteiger partial charge in [-0.05, 0) is 60.9 Å². The van der Waals surface area contributed by atoms with Crippen LogP contribution in [0.15, 0.2) is 71.6 Å². The van der Waals surface area contributed by atoms with Crippen LogP contribution in [0.2, 0.25) is 5.02 Å². The maximum Gasteiger partial charge on any atom is 0.264 e. The summed E-state index contributed by atoms with van der Waals surface area (Å²) in [6.07, 6.45) is 0. The zero-order valence-electron chi connectivity index (χ0n) is 19.0. The Morgan fingerprint density at radius 2 is 1.67 bits per heavy atom. The average molecular weight is 487 g/mol. The molecule has 0 aliphatic heterocycles. The Bertz CT molecular complexity index is 1220. The number of hydrogen-bond acceptors (Lipinski definition) is 4. The minimum Gasteiger partial charge on any atom is -0.495 e. The van der Waals surface area contributed by atoms with Gasteiger partial charge in [0.25, 0.3) is 10.0 Å². The number of methoxy groups -OCH3 is 1. The van der Waals surface area contributed by atoms with Gasteiger partial charge in [0.1, 0.15) is 12.3 Å². The second kappa shape index (κ2) is 10.3. The van der Waals surface area contributed by atoms with Gasteiger partial charge >= 0.3 is 0 Å². The molecule has 3 aromatic rings. The van der Waals surface area contributed by atoms with Gasteiger partial charge in [0, 0.05) is 5.69 Å². The second-order valence-corrected chi connectivity index (χ2v) is 10.2. The summed E-state index contributed by atoms with van der Waals surface area (Å²) in [5.74, 6) is 0.294. The van der Waals surface area contributed by atoms with E-state index in [0.29, 0.717) is 17.4 Å². The average Bonchev–Trinajstić information content (AvgIpc) is 2.78. The van der Waals surface area contributed by atoms with E-state index in [0.717, 1.165) is 15.4 Å². The second-order valence-electron chi connectivity index (χ2n) is 7.97. The molecule has 0 aliphatic rings. The molecule has 0 spiro atoms. The summed E-state index contributed by atoms with van der Waals surface area (Å²) in [5, 5.41) is 3.02. The van der Waals surface area contributed by atoms with Gasteiger partial charge in [-0.2, -0.15) is 0 Å². The van der Waals surface area contributed by atoms with Crippen LogP contribution in [0.25, 0.3) is 0 Å². The maximum atomic E-state index is 13.5. The van der Waals surface area contributed by atoms with E-state index in [1.54, 1.807) is 36.4 Å². The lowest BCUT2D eigenvalue weighted by Gasteiger charge is -2.24. The summed E-state index contributed by atoms with van der Waals surface area (Å²) in [6, 6.07) is 18.5. The lowest BCUT2D eigenvalue weighted by Crippen LogP contribution is -2.38. The van der Waals surface area contributed by atoms with Gasteiger partial charge in [0.05, 0.1) is 22.7 Å². The molecule has 0 aliphatic carbocycles. The lowest BCUT2D eigenvalue weighted by atomic mass is 10.0. The molecule has 33 heavy (non-hydrogen) atoms. The van der Waals surface area contributed by atoms with Gasteiger partial charge < -0.3 is 10.1 Å². The Hall–Kier alpha value is -3.03. The molecule has 1 N–H and O–H groups in total. The molecule has 0 unspecified atom stereocenters. The molecule has 0 atom stereocenters. The fourth-order valence-corrected chi connectivity index (χ4v) is 4.91. The van der Waals surface area contributed by atoms with Gasteiger partial charge in [0.2, 0.25) is 5.91 Å². The van der Waals surface area contributed by atoms with Crippen molar-refractivity contribution < 1.29 is 17.9 Å². The monoisotopic (exact) mass is 486 g/mol. The molecule has 0 saturated heterocycles. The third kappa shape index (κ3) is 5.86. The highest BCUT2D eigenvalue weighted by molar-refractivity contribution is 7.92. The first-order chi connectivity index (χ1) is 15.6. The predicted molar refractivity (Wildman–Crippen MR) is 133 cm³/mol. The summed E-state index contributed by atoms with van der Waals surface area (Å²) >= 11 is 6.25. The first kappa shape index (κ1) is 24.6. The highest BCUT2D eigenvalue weighted by atomic mass is 35.5. The van der Waals surface area contributed by atoms with Crippen LogP contribution in [0.5, 0.6) is 5.75 Å². The van der Waals surface area contributed by atoms with Crippen LogP contribution < -0.4 is 14.4 Å². The predicted octanol–water partition coefficient (Wildman–Crippen LogP) is 5.61.